The van der Waals surface area contributed by atoms with Crippen molar-refractivity contribution in [2.45, 2.75) is 39.2 Å². The van der Waals surface area contributed by atoms with E-state index < -0.39 is 0 Å². The molecule has 1 N–H and O–H groups in total. The largest absolute Gasteiger partial charge is 0.464 e. The summed E-state index contributed by atoms with van der Waals surface area (Å²) in [6, 6.07) is 0.137. The van der Waals surface area contributed by atoms with E-state index in [1.54, 1.807) is 6.92 Å². The number of imide groups is 1. The zero-order valence-electron chi connectivity index (χ0n) is 13.6. The third kappa shape index (κ3) is 6.11. The summed E-state index contributed by atoms with van der Waals surface area (Å²) in [5.41, 5.74) is 0. The van der Waals surface area contributed by atoms with Gasteiger partial charge in [0.05, 0.1) is 13.2 Å². The highest BCUT2D eigenvalue weighted by Gasteiger charge is 2.34. The fourth-order valence-corrected chi connectivity index (χ4v) is 2.03. The van der Waals surface area contributed by atoms with Crippen molar-refractivity contribution in [1.29, 1.82) is 0 Å². The smallest absolute Gasteiger partial charge is 0.305 e. The first-order valence-corrected chi connectivity index (χ1v) is 7.70. The number of carbonyl (C=O) groups is 3. The van der Waals surface area contributed by atoms with Gasteiger partial charge in [-0.25, -0.2) is 0 Å². The number of hydrogen-bond donors (Lipinski definition) is 1. The lowest BCUT2D eigenvalue weighted by atomic mass is 10.1. The van der Waals surface area contributed by atoms with Gasteiger partial charge in [0.15, 0.2) is 0 Å². The Morgan fingerprint density at radius 1 is 1.41 bits per heavy atom. The van der Waals surface area contributed by atoms with Crippen molar-refractivity contribution in [2.75, 3.05) is 33.4 Å². The summed E-state index contributed by atoms with van der Waals surface area (Å²) in [6.45, 7) is 5.03. The van der Waals surface area contributed by atoms with Crippen molar-refractivity contribution in [2.24, 2.45) is 5.92 Å². The molecule has 1 aliphatic rings. The fraction of sp³-hybridized carbons (Fsp3) is 0.800. The minimum atomic E-state index is -0.246. The summed E-state index contributed by atoms with van der Waals surface area (Å²) in [4.78, 5) is 35.9. The number of likely N-dealkylation sites (N-methyl/N-ethyl adjacent to an activating group) is 1. The molecule has 7 heteroatoms. The zero-order chi connectivity index (χ0) is 16.5. The predicted molar refractivity (Wildman–Crippen MR) is 80.0 cm³/mol. The molecule has 0 radical (unpaired) electrons. The molecule has 2 amide bonds. The van der Waals surface area contributed by atoms with Gasteiger partial charge in [0, 0.05) is 31.4 Å². The Balaban J connectivity index is 2.03. The van der Waals surface area contributed by atoms with Gasteiger partial charge in [-0.05, 0) is 20.4 Å². The average molecular weight is 314 g/mol. The molecule has 22 heavy (non-hydrogen) atoms. The van der Waals surface area contributed by atoms with Crippen LogP contribution in [0, 0.1) is 5.92 Å². The lowest BCUT2D eigenvalue weighted by Crippen LogP contribution is -2.33. The summed E-state index contributed by atoms with van der Waals surface area (Å²) in [5, 5.41) is 2.98. The van der Waals surface area contributed by atoms with E-state index in [1.807, 2.05) is 14.0 Å². The first kappa shape index (κ1) is 18.6. The number of rotatable bonds is 10. The molecule has 0 saturated carbocycles. The second-order valence-corrected chi connectivity index (χ2v) is 5.58. The maximum atomic E-state index is 11.7. The van der Waals surface area contributed by atoms with E-state index in [0.717, 1.165) is 0 Å². The molecular formula is C15H26N2O5. The second-order valence-electron chi connectivity index (χ2n) is 5.58. The van der Waals surface area contributed by atoms with Gasteiger partial charge in [0.25, 0.3) is 0 Å². The highest BCUT2D eigenvalue weighted by molar-refractivity contribution is 6.03. The van der Waals surface area contributed by atoms with E-state index in [1.165, 1.54) is 4.90 Å². The molecule has 1 saturated heterocycles. The van der Waals surface area contributed by atoms with E-state index in [0.29, 0.717) is 32.7 Å². The molecule has 2 atom stereocenters. The van der Waals surface area contributed by atoms with Crippen LogP contribution in [0.1, 0.15) is 33.1 Å². The monoisotopic (exact) mass is 314 g/mol. The maximum Gasteiger partial charge on any atom is 0.305 e. The Morgan fingerprint density at radius 2 is 2.14 bits per heavy atom. The Bertz CT molecular complexity index is 399. The molecule has 0 spiro atoms. The molecule has 1 unspecified atom stereocenters. The minimum absolute atomic E-state index is 0.129. The van der Waals surface area contributed by atoms with Gasteiger partial charge in [-0.3, -0.25) is 19.3 Å². The summed E-state index contributed by atoms with van der Waals surface area (Å²) in [5.74, 6) is -0.731. The topological polar surface area (TPSA) is 84.9 Å². The van der Waals surface area contributed by atoms with Crippen molar-refractivity contribution >= 4 is 17.8 Å². The normalized spacial score (nSPS) is 19.6. The number of likely N-dealkylation sites (tertiary alicyclic amines) is 1. The zero-order valence-corrected chi connectivity index (χ0v) is 13.6. The fourth-order valence-electron chi connectivity index (χ4n) is 2.03. The van der Waals surface area contributed by atoms with Crippen LogP contribution in [-0.4, -0.2) is 62.1 Å². The molecule has 0 aliphatic carbocycles. The lowest BCUT2D eigenvalue weighted by molar-refractivity contribution is -0.144. The van der Waals surface area contributed by atoms with Crippen molar-refractivity contribution in [3.05, 3.63) is 0 Å². The van der Waals surface area contributed by atoms with Crippen molar-refractivity contribution < 1.29 is 23.9 Å². The first-order chi connectivity index (χ1) is 10.5. The lowest BCUT2D eigenvalue weighted by Gasteiger charge is -2.14. The summed E-state index contributed by atoms with van der Waals surface area (Å²) in [6.07, 6.45) is 1.15. The van der Waals surface area contributed by atoms with Crippen molar-refractivity contribution in [3.8, 4) is 0 Å². The average Bonchev–Trinajstić information content (AvgIpc) is 2.73. The highest BCUT2D eigenvalue weighted by Crippen LogP contribution is 2.17. The third-order valence-electron chi connectivity index (χ3n) is 3.59. The van der Waals surface area contributed by atoms with Gasteiger partial charge < -0.3 is 14.8 Å². The molecular weight excluding hydrogens is 288 g/mol. The molecule has 1 fully saturated rings. The van der Waals surface area contributed by atoms with Crippen LogP contribution in [0.3, 0.4) is 0 Å². The van der Waals surface area contributed by atoms with Gasteiger partial charge >= 0.3 is 5.97 Å². The van der Waals surface area contributed by atoms with Crippen LogP contribution in [0.25, 0.3) is 0 Å². The van der Waals surface area contributed by atoms with Crippen LogP contribution in [0.5, 0.6) is 0 Å². The minimum Gasteiger partial charge on any atom is -0.464 e. The van der Waals surface area contributed by atoms with E-state index in [9.17, 15) is 14.4 Å². The summed E-state index contributed by atoms with van der Waals surface area (Å²) >= 11 is 0. The van der Waals surface area contributed by atoms with E-state index in [-0.39, 0.29) is 42.7 Å². The summed E-state index contributed by atoms with van der Waals surface area (Å²) in [7, 11) is 1.81. The van der Waals surface area contributed by atoms with Crippen LogP contribution in [-0.2, 0) is 23.9 Å². The quantitative estimate of drug-likeness (QED) is 0.355. The highest BCUT2D eigenvalue weighted by atomic mass is 16.5. The summed E-state index contributed by atoms with van der Waals surface area (Å²) < 4.78 is 10.4. The number of amides is 2. The van der Waals surface area contributed by atoms with Gasteiger partial charge in [-0.1, -0.05) is 6.92 Å². The molecule has 0 aromatic carbocycles. The van der Waals surface area contributed by atoms with E-state index in [2.05, 4.69) is 5.32 Å². The van der Waals surface area contributed by atoms with Crippen LogP contribution < -0.4 is 5.32 Å². The van der Waals surface area contributed by atoms with Gasteiger partial charge in [-0.15, -0.1) is 0 Å². The van der Waals surface area contributed by atoms with E-state index >= 15 is 0 Å². The van der Waals surface area contributed by atoms with Gasteiger partial charge in [-0.2, -0.15) is 0 Å². The number of nitrogens with zero attached hydrogens (tertiary/aromatic N) is 1. The Labute approximate surface area is 131 Å². The predicted octanol–water partition coefficient (Wildman–Crippen LogP) is 0.329. The van der Waals surface area contributed by atoms with E-state index in [4.69, 9.17) is 9.47 Å². The van der Waals surface area contributed by atoms with Crippen LogP contribution in [0.4, 0.5) is 0 Å². The SMILES string of the molecule is CN[C@@H](C)COC(=O)CCCOCCN1C(=O)CC(C)C1=O. The molecule has 0 aromatic rings. The van der Waals surface area contributed by atoms with Crippen LogP contribution >= 0.6 is 0 Å². The molecule has 1 rings (SSSR count). The molecule has 1 heterocycles. The third-order valence-corrected chi connectivity index (χ3v) is 3.59. The Hall–Kier alpha value is -1.47. The molecule has 7 nitrogen and oxygen atoms in total. The number of carbonyl (C=O) groups excluding carboxylic acids is 3. The van der Waals surface area contributed by atoms with Crippen LogP contribution in [0.2, 0.25) is 0 Å². The Kier molecular flexibility index (Phi) is 8.05. The van der Waals surface area contributed by atoms with Crippen LogP contribution in [0.15, 0.2) is 0 Å². The molecule has 126 valence electrons. The molecule has 1 aliphatic heterocycles. The molecule has 0 bridgehead atoms. The number of ether oxygens (including phenoxy) is 2. The second kappa shape index (κ2) is 9.53. The van der Waals surface area contributed by atoms with Gasteiger partial charge in [0.2, 0.25) is 11.8 Å². The maximum absolute atomic E-state index is 11.7. The first-order valence-electron chi connectivity index (χ1n) is 7.70. The standard InChI is InChI=1S/C15H26N2O5/c1-11-9-13(18)17(15(11)20)6-8-21-7-4-5-14(19)22-10-12(2)16-3/h11-12,16H,4-10H2,1-3H3/t11?,12-/m0/s1. The van der Waals surface area contributed by atoms with Crippen molar-refractivity contribution in [3.63, 3.8) is 0 Å². The number of hydrogen-bond acceptors (Lipinski definition) is 6. The number of esters is 1. The van der Waals surface area contributed by atoms with Gasteiger partial charge in [0.1, 0.15) is 6.61 Å². The molecule has 0 aromatic heterocycles. The Morgan fingerprint density at radius 3 is 2.73 bits per heavy atom. The van der Waals surface area contributed by atoms with Crippen molar-refractivity contribution in [1.82, 2.24) is 10.2 Å². The number of nitrogens with one attached hydrogen (secondary N) is 1.